The molecule has 0 saturated heterocycles. The fraction of sp³-hybridized carbons (Fsp3) is 0.765. The third-order valence-corrected chi connectivity index (χ3v) is 18.1. The first-order chi connectivity index (χ1) is 9.64. The first-order valence-electron chi connectivity index (χ1n) is 8.28. The zero-order valence-electron chi connectivity index (χ0n) is 13.6. The van der Waals surface area contributed by atoms with Gasteiger partial charge in [-0.3, -0.25) is 0 Å². The Morgan fingerprint density at radius 2 is 1.40 bits per heavy atom. The maximum atomic E-state index is 13.0. The van der Waals surface area contributed by atoms with E-state index in [0.29, 0.717) is 0 Å². The van der Waals surface area contributed by atoms with E-state index in [9.17, 15) is 4.39 Å². The molecule has 3 heteroatoms. The summed E-state index contributed by atoms with van der Waals surface area (Å²) in [5.41, 5.74) is 0. The monoisotopic (exact) mass is 392 g/mol. The summed E-state index contributed by atoms with van der Waals surface area (Å²) in [6.07, 6.45) is 11.1. The van der Waals surface area contributed by atoms with Crippen molar-refractivity contribution in [2.75, 3.05) is 6.61 Å². The average Bonchev–Trinajstić information content (AvgIpc) is 2.48. The Labute approximate surface area is 129 Å². The molecule has 0 aliphatic carbocycles. The van der Waals surface area contributed by atoms with Crippen LogP contribution < -0.4 is 0 Å². The van der Waals surface area contributed by atoms with Crippen molar-refractivity contribution in [3.8, 4) is 0 Å². The molecular formula is C17H33FOSn. The Morgan fingerprint density at radius 3 is 1.75 bits per heavy atom. The first-order valence-corrected chi connectivity index (χ1v) is 16.0. The standard InChI is InChI=1S/C5H6FO.3C4H9.Sn/c1-2-3-5(6)4-7;3*1-3-4-2;/h1-3,7H,4H2;3*1,3-4H2,2H3;/b2-1?,5-3+;;;;. The summed E-state index contributed by atoms with van der Waals surface area (Å²) in [6, 6.07) is 0. The maximum absolute atomic E-state index is 13.0. The predicted molar refractivity (Wildman–Crippen MR) is 90.3 cm³/mol. The zero-order valence-corrected chi connectivity index (χ0v) is 16.5. The SMILES string of the molecule is CCC[CH2][Sn](/[CH]=C/C=C(/F)CO)([CH2]CCC)[CH2]CCC. The molecule has 0 heterocycles. The molecule has 0 radical (unpaired) electrons. The van der Waals surface area contributed by atoms with Crippen molar-refractivity contribution < 1.29 is 9.50 Å². The Bertz CT molecular complexity index is 265. The van der Waals surface area contributed by atoms with Gasteiger partial charge in [-0.25, -0.2) is 0 Å². The summed E-state index contributed by atoms with van der Waals surface area (Å²) in [6.45, 7) is 6.29. The van der Waals surface area contributed by atoms with Gasteiger partial charge in [0.2, 0.25) is 0 Å². The summed E-state index contributed by atoms with van der Waals surface area (Å²) in [7, 11) is 0. The molecule has 0 saturated carbocycles. The van der Waals surface area contributed by atoms with Gasteiger partial charge < -0.3 is 0 Å². The molecule has 0 aliphatic heterocycles. The van der Waals surface area contributed by atoms with Crippen LogP contribution in [0.3, 0.4) is 0 Å². The number of hydrogen-bond donors (Lipinski definition) is 1. The minimum absolute atomic E-state index is 0.428. The van der Waals surface area contributed by atoms with E-state index in [1.165, 1.54) is 57.9 Å². The fourth-order valence-corrected chi connectivity index (χ4v) is 16.7. The quantitative estimate of drug-likeness (QED) is 0.331. The van der Waals surface area contributed by atoms with Crippen LogP contribution in [0.25, 0.3) is 0 Å². The summed E-state index contributed by atoms with van der Waals surface area (Å²) in [4.78, 5) is 0. The van der Waals surface area contributed by atoms with Crippen LogP contribution in [0.5, 0.6) is 0 Å². The van der Waals surface area contributed by atoms with Crippen LogP contribution in [0.2, 0.25) is 13.3 Å². The van der Waals surface area contributed by atoms with Crippen molar-refractivity contribution in [3.05, 3.63) is 22.1 Å². The van der Waals surface area contributed by atoms with Crippen LogP contribution in [0.4, 0.5) is 4.39 Å². The van der Waals surface area contributed by atoms with E-state index in [1.54, 1.807) is 0 Å². The summed E-state index contributed by atoms with van der Waals surface area (Å²) in [5, 5.41) is 8.73. The van der Waals surface area contributed by atoms with Crippen molar-refractivity contribution in [1.29, 1.82) is 0 Å². The number of halogens is 1. The summed E-state index contributed by atoms with van der Waals surface area (Å²) >= 11 is -2.25. The number of rotatable bonds is 12. The number of aliphatic hydroxyl groups excluding tert-OH is 1. The average molecular weight is 391 g/mol. The second kappa shape index (κ2) is 12.9. The van der Waals surface area contributed by atoms with Crippen LogP contribution in [0.1, 0.15) is 59.3 Å². The molecule has 0 unspecified atom stereocenters. The normalized spacial score (nSPS) is 13.3. The van der Waals surface area contributed by atoms with Crippen molar-refractivity contribution in [2.24, 2.45) is 0 Å². The van der Waals surface area contributed by atoms with Crippen LogP contribution in [0, 0.1) is 0 Å². The van der Waals surface area contributed by atoms with Gasteiger partial charge in [-0.2, -0.15) is 0 Å². The molecule has 0 aromatic rings. The molecule has 20 heavy (non-hydrogen) atoms. The second-order valence-electron chi connectivity index (χ2n) is 5.80. The minimum atomic E-state index is -2.25. The Morgan fingerprint density at radius 1 is 0.950 bits per heavy atom. The van der Waals surface area contributed by atoms with Crippen molar-refractivity contribution in [1.82, 2.24) is 0 Å². The van der Waals surface area contributed by atoms with Crippen molar-refractivity contribution in [3.63, 3.8) is 0 Å². The Kier molecular flexibility index (Phi) is 13.0. The van der Waals surface area contributed by atoms with E-state index in [0.717, 1.165) is 0 Å². The van der Waals surface area contributed by atoms with Crippen molar-refractivity contribution >= 4 is 18.4 Å². The zero-order chi connectivity index (χ0) is 15.3. The molecule has 0 bridgehead atoms. The van der Waals surface area contributed by atoms with Crippen molar-refractivity contribution in [2.45, 2.75) is 72.6 Å². The summed E-state index contributed by atoms with van der Waals surface area (Å²) in [5.74, 6) is -0.428. The van der Waals surface area contributed by atoms with Gasteiger partial charge in [0.15, 0.2) is 0 Å². The van der Waals surface area contributed by atoms with Gasteiger partial charge in [-0.1, -0.05) is 0 Å². The molecule has 0 spiro atoms. The van der Waals surface area contributed by atoms with Crippen LogP contribution in [-0.2, 0) is 0 Å². The second-order valence-corrected chi connectivity index (χ2v) is 18.8. The Hall–Kier alpha value is 0.169. The molecular weight excluding hydrogens is 358 g/mol. The molecule has 1 N–H and O–H groups in total. The van der Waals surface area contributed by atoms with E-state index in [-0.39, 0.29) is 0 Å². The van der Waals surface area contributed by atoms with E-state index in [2.05, 4.69) is 24.9 Å². The Balaban J connectivity index is 4.91. The summed E-state index contributed by atoms with van der Waals surface area (Å²) < 4.78 is 19.7. The van der Waals surface area contributed by atoms with Gasteiger partial charge in [-0.05, 0) is 0 Å². The first kappa shape index (κ1) is 20.2. The molecule has 0 atom stereocenters. The third kappa shape index (κ3) is 9.17. The van der Waals surface area contributed by atoms with Crippen LogP contribution in [-0.4, -0.2) is 30.1 Å². The molecule has 118 valence electrons. The van der Waals surface area contributed by atoms with E-state index in [1.807, 2.05) is 6.08 Å². The topological polar surface area (TPSA) is 20.2 Å². The van der Waals surface area contributed by atoms with Gasteiger partial charge in [0.1, 0.15) is 0 Å². The number of hydrogen-bond acceptors (Lipinski definition) is 1. The molecule has 0 aromatic carbocycles. The molecule has 0 rings (SSSR count). The van der Waals surface area contributed by atoms with E-state index in [4.69, 9.17) is 5.11 Å². The van der Waals surface area contributed by atoms with Gasteiger partial charge in [0, 0.05) is 0 Å². The van der Waals surface area contributed by atoms with Gasteiger partial charge >= 0.3 is 129 Å². The molecule has 0 aromatic heterocycles. The van der Waals surface area contributed by atoms with Gasteiger partial charge in [0.25, 0.3) is 0 Å². The number of unbranched alkanes of at least 4 members (excludes halogenated alkanes) is 3. The van der Waals surface area contributed by atoms with Crippen LogP contribution in [0.15, 0.2) is 22.1 Å². The predicted octanol–water partition coefficient (Wildman–Crippen LogP) is 5.78. The molecule has 0 amide bonds. The third-order valence-electron chi connectivity index (χ3n) is 3.96. The van der Waals surface area contributed by atoms with E-state index >= 15 is 0 Å². The fourth-order valence-electron chi connectivity index (χ4n) is 2.62. The van der Waals surface area contributed by atoms with Gasteiger partial charge in [-0.15, -0.1) is 0 Å². The van der Waals surface area contributed by atoms with Crippen LogP contribution >= 0.6 is 0 Å². The number of allylic oxidation sites excluding steroid dienone is 2. The van der Waals surface area contributed by atoms with Gasteiger partial charge in [0.05, 0.1) is 0 Å². The molecule has 0 aliphatic rings. The molecule has 1 nitrogen and oxygen atoms in total. The molecule has 0 fully saturated rings. The number of aliphatic hydroxyl groups is 1. The van der Waals surface area contributed by atoms with E-state index < -0.39 is 30.8 Å².